The van der Waals surface area contributed by atoms with Crippen molar-refractivity contribution in [3.63, 3.8) is 0 Å². The molecule has 0 aliphatic rings. The van der Waals surface area contributed by atoms with Crippen molar-refractivity contribution in [3.8, 4) is 0 Å². The van der Waals surface area contributed by atoms with Gasteiger partial charge < -0.3 is 9.67 Å². The van der Waals surface area contributed by atoms with Crippen LogP contribution in [0.25, 0.3) is 5.70 Å². The van der Waals surface area contributed by atoms with E-state index in [1.54, 1.807) is 0 Å². The van der Waals surface area contributed by atoms with Crippen molar-refractivity contribution in [2.45, 2.75) is 33.3 Å². The Balaban J connectivity index is 2.58. The van der Waals surface area contributed by atoms with Crippen molar-refractivity contribution >= 4 is 5.70 Å². The Bertz CT molecular complexity index is 293. The number of aliphatic hydroxyl groups is 1. The lowest BCUT2D eigenvalue weighted by Crippen LogP contribution is -2.26. The molecule has 1 rings (SSSR count). The maximum atomic E-state index is 9.88. The van der Waals surface area contributed by atoms with Gasteiger partial charge in [-0.1, -0.05) is 27.4 Å². The quantitative estimate of drug-likeness (QED) is 0.784. The molecule has 1 N–H and O–H groups in total. The first kappa shape index (κ1) is 11.1. The van der Waals surface area contributed by atoms with Gasteiger partial charge in [-0.15, -0.1) is 0 Å². The van der Waals surface area contributed by atoms with Crippen molar-refractivity contribution in [2.75, 3.05) is 0 Å². The summed E-state index contributed by atoms with van der Waals surface area (Å²) in [5.74, 6) is 0. The minimum atomic E-state index is -0.350. The highest BCUT2D eigenvalue weighted by Crippen LogP contribution is 2.25. The minimum Gasteiger partial charge on any atom is -0.392 e. The monoisotopic (exact) mass is 193 g/mol. The lowest BCUT2D eigenvalue weighted by Gasteiger charge is -2.26. The summed E-state index contributed by atoms with van der Waals surface area (Å²) < 4.78 is 1.94. The maximum absolute atomic E-state index is 9.88. The van der Waals surface area contributed by atoms with Crippen molar-refractivity contribution < 1.29 is 5.11 Å². The van der Waals surface area contributed by atoms with Gasteiger partial charge in [0.15, 0.2) is 0 Å². The first-order valence-corrected chi connectivity index (χ1v) is 4.90. The molecule has 0 aromatic carbocycles. The highest BCUT2D eigenvalue weighted by atomic mass is 16.3. The van der Waals surface area contributed by atoms with E-state index in [0.717, 1.165) is 5.70 Å². The molecule has 1 atom stereocenters. The summed E-state index contributed by atoms with van der Waals surface area (Å²) in [4.78, 5) is 0. The highest BCUT2D eigenvalue weighted by molar-refractivity contribution is 5.42. The standard InChI is InChI=1S/C12H19NO/c1-10(13-7-5-6-8-13)9-11(14)12(2,3)4/h5-8,11,14H,1,9H2,2-4H3. The van der Waals surface area contributed by atoms with Crippen molar-refractivity contribution in [2.24, 2.45) is 5.41 Å². The predicted octanol–water partition coefficient (Wildman–Crippen LogP) is 2.76. The van der Waals surface area contributed by atoms with Crippen LogP contribution in [0.3, 0.4) is 0 Å². The fourth-order valence-electron chi connectivity index (χ4n) is 1.18. The SMILES string of the molecule is C=C(CC(O)C(C)(C)C)n1cccc1. The van der Waals surface area contributed by atoms with Crippen molar-refractivity contribution in [3.05, 3.63) is 31.1 Å². The van der Waals surface area contributed by atoms with Gasteiger partial charge in [-0.05, 0) is 17.5 Å². The zero-order valence-corrected chi connectivity index (χ0v) is 9.20. The summed E-state index contributed by atoms with van der Waals surface area (Å²) in [7, 11) is 0. The van der Waals surface area contributed by atoms with Crippen LogP contribution >= 0.6 is 0 Å². The normalized spacial score (nSPS) is 14.0. The fourth-order valence-corrected chi connectivity index (χ4v) is 1.18. The third-order valence-corrected chi connectivity index (χ3v) is 2.40. The lowest BCUT2D eigenvalue weighted by atomic mass is 9.86. The molecule has 0 saturated heterocycles. The molecule has 78 valence electrons. The summed E-state index contributed by atoms with van der Waals surface area (Å²) in [6, 6.07) is 3.91. The van der Waals surface area contributed by atoms with E-state index >= 15 is 0 Å². The van der Waals surface area contributed by atoms with E-state index in [4.69, 9.17) is 0 Å². The Morgan fingerprint density at radius 2 is 1.86 bits per heavy atom. The molecule has 0 bridgehead atoms. The number of nitrogens with zero attached hydrogens (tertiary/aromatic N) is 1. The van der Waals surface area contributed by atoms with E-state index in [1.165, 1.54) is 0 Å². The molecule has 1 aromatic heterocycles. The molecule has 1 unspecified atom stereocenters. The van der Waals surface area contributed by atoms with Gasteiger partial charge in [0.05, 0.1) is 6.10 Å². The van der Waals surface area contributed by atoms with Crippen molar-refractivity contribution in [1.29, 1.82) is 0 Å². The van der Waals surface area contributed by atoms with Gasteiger partial charge in [-0.25, -0.2) is 0 Å². The molecule has 1 heterocycles. The Hall–Kier alpha value is -1.02. The van der Waals surface area contributed by atoms with E-state index in [0.29, 0.717) is 6.42 Å². The molecule has 2 heteroatoms. The summed E-state index contributed by atoms with van der Waals surface area (Å²) >= 11 is 0. The molecule has 0 amide bonds. The minimum absolute atomic E-state index is 0.0872. The molecule has 0 fully saturated rings. The molecule has 0 aliphatic heterocycles. The number of rotatable bonds is 3. The lowest BCUT2D eigenvalue weighted by molar-refractivity contribution is 0.0669. The molecular weight excluding hydrogens is 174 g/mol. The predicted molar refractivity (Wildman–Crippen MR) is 59.8 cm³/mol. The second-order valence-electron chi connectivity index (χ2n) is 4.74. The first-order chi connectivity index (χ1) is 6.41. The third kappa shape index (κ3) is 2.74. The average Bonchev–Trinajstić information content (AvgIpc) is 2.53. The summed E-state index contributed by atoms with van der Waals surface area (Å²) in [6.45, 7) is 10.0. The van der Waals surface area contributed by atoms with E-state index < -0.39 is 0 Å². The van der Waals surface area contributed by atoms with Crippen LogP contribution in [0.4, 0.5) is 0 Å². The Kier molecular flexibility index (Phi) is 3.17. The molecule has 0 saturated carbocycles. The van der Waals surface area contributed by atoms with E-state index in [2.05, 4.69) is 6.58 Å². The molecule has 14 heavy (non-hydrogen) atoms. The molecule has 0 aliphatic carbocycles. The van der Waals surface area contributed by atoms with Crippen LogP contribution < -0.4 is 0 Å². The fraction of sp³-hybridized carbons (Fsp3) is 0.500. The Morgan fingerprint density at radius 1 is 1.36 bits per heavy atom. The van der Waals surface area contributed by atoms with Crippen LogP contribution in [0.15, 0.2) is 31.1 Å². The van der Waals surface area contributed by atoms with E-state index in [-0.39, 0.29) is 11.5 Å². The topological polar surface area (TPSA) is 25.2 Å². The highest BCUT2D eigenvalue weighted by Gasteiger charge is 2.22. The molecule has 0 radical (unpaired) electrons. The zero-order valence-electron chi connectivity index (χ0n) is 9.20. The number of hydrogen-bond acceptors (Lipinski definition) is 1. The largest absolute Gasteiger partial charge is 0.392 e. The number of aromatic nitrogens is 1. The second kappa shape index (κ2) is 4.01. The smallest absolute Gasteiger partial charge is 0.0643 e. The van der Waals surface area contributed by atoms with E-state index in [9.17, 15) is 5.11 Å². The Labute approximate surface area is 85.9 Å². The van der Waals surface area contributed by atoms with Crippen LogP contribution in [0, 0.1) is 5.41 Å². The summed E-state index contributed by atoms with van der Waals surface area (Å²) in [5.41, 5.74) is 0.841. The third-order valence-electron chi connectivity index (χ3n) is 2.40. The van der Waals surface area contributed by atoms with Gasteiger partial charge in [-0.3, -0.25) is 0 Å². The van der Waals surface area contributed by atoms with Gasteiger partial charge in [0, 0.05) is 24.5 Å². The first-order valence-electron chi connectivity index (χ1n) is 4.90. The van der Waals surface area contributed by atoms with Gasteiger partial charge in [0.25, 0.3) is 0 Å². The van der Waals surface area contributed by atoms with Crippen LogP contribution in [-0.4, -0.2) is 15.8 Å². The van der Waals surface area contributed by atoms with Crippen molar-refractivity contribution in [1.82, 2.24) is 4.57 Å². The van der Waals surface area contributed by atoms with Gasteiger partial charge in [-0.2, -0.15) is 0 Å². The second-order valence-corrected chi connectivity index (χ2v) is 4.74. The maximum Gasteiger partial charge on any atom is 0.0643 e. The van der Waals surface area contributed by atoms with Gasteiger partial charge in [0.2, 0.25) is 0 Å². The summed E-state index contributed by atoms with van der Waals surface area (Å²) in [6.07, 6.45) is 4.14. The van der Waals surface area contributed by atoms with E-state index in [1.807, 2.05) is 49.9 Å². The number of aliphatic hydroxyl groups excluding tert-OH is 1. The number of hydrogen-bond donors (Lipinski definition) is 1. The molecular formula is C12H19NO. The average molecular weight is 193 g/mol. The van der Waals surface area contributed by atoms with Crippen LogP contribution in [0.1, 0.15) is 27.2 Å². The Morgan fingerprint density at radius 3 is 2.29 bits per heavy atom. The molecule has 1 aromatic rings. The van der Waals surface area contributed by atoms with Crippen LogP contribution in [-0.2, 0) is 0 Å². The van der Waals surface area contributed by atoms with Gasteiger partial charge in [0.1, 0.15) is 0 Å². The van der Waals surface area contributed by atoms with Crippen LogP contribution in [0.2, 0.25) is 0 Å². The van der Waals surface area contributed by atoms with Crippen LogP contribution in [0.5, 0.6) is 0 Å². The summed E-state index contributed by atoms with van der Waals surface area (Å²) in [5, 5.41) is 9.88. The zero-order chi connectivity index (χ0) is 10.8. The van der Waals surface area contributed by atoms with Gasteiger partial charge >= 0.3 is 0 Å². The molecule has 2 nitrogen and oxygen atoms in total. The molecule has 0 spiro atoms.